The Morgan fingerprint density at radius 2 is 1.85 bits per heavy atom. The van der Waals surface area contributed by atoms with Crippen LogP contribution in [0.2, 0.25) is 0 Å². The van der Waals surface area contributed by atoms with Crippen molar-refractivity contribution in [2.24, 2.45) is 0 Å². The third kappa shape index (κ3) is 3.41. The van der Waals surface area contributed by atoms with Gasteiger partial charge in [-0.15, -0.1) is 0 Å². The Morgan fingerprint density at radius 3 is 2.45 bits per heavy atom. The number of carbonyl (C=O) groups excluding carboxylic acids is 1. The first-order chi connectivity index (χ1) is 9.38. The summed E-state index contributed by atoms with van der Waals surface area (Å²) in [4.78, 5) is 12.0. The summed E-state index contributed by atoms with van der Waals surface area (Å²) >= 11 is 0. The standard InChI is InChI=1S/C13H16F3N3O/c14-13(15,16)9-4-5-11(17)10(8-9)12(20)18-19-6-2-1-3-7-19/h4-5,8H,1-3,6-7,17H2,(H,18,20). The summed E-state index contributed by atoms with van der Waals surface area (Å²) in [5.41, 5.74) is 7.20. The monoisotopic (exact) mass is 287 g/mol. The van der Waals surface area contributed by atoms with Gasteiger partial charge in [-0.3, -0.25) is 10.2 Å². The van der Waals surface area contributed by atoms with Crippen LogP contribution in [-0.2, 0) is 6.18 Å². The third-order valence-corrected chi connectivity index (χ3v) is 3.24. The number of carbonyl (C=O) groups is 1. The molecule has 1 fully saturated rings. The number of nitrogen functional groups attached to an aromatic ring is 1. The van der Waals surface area contributed by atoms with Crippen LogP contribution in [0, 0.1) is 0 Å². The van der Waals surface area contributed by atoms with E-state index in [4.69, 9.17) is 5.73 Å². The lowest BCUT2D eigenvalue weighted by molar-refractivity contribution is -0.137. The number of nitrogens with zero attached hydrogens (tertiary/aromatic N) is 1. The smallest absolute Gasteiger partial charge is 0.398 e. The van der Waals surface area contributed by atoms with Gasteiger partial charge in [-0.05, 0) is 31.0 Å². The fraction of sp³-hybridized carbons (Fsp3) is 0.462. The number of halogens is 3. The van der Waals surface area contributed by atoms with Crippen LogP contribution in [0.25, 0.3) is 0 Å². The Hall–Kier alpha value is -1.76. The summed E-state index contributed by atoms with van der Waals surface area (Å²) in [6.45, 7) is 1.40. The highest BCUT2D eigenvalue weighted by atomic mass is 19.4. The van der Waals surface area contributed by atoms with E-state index in [1.54, 1.807) is 5.01 Å². The van der Waals surface area contributed by atoms with Crippen LogP contribution in [0.5, 0.6) is 0 Å². The van der Waals surface area contributed by atoms with Gasteiger partial charge in [0, 0.05) is 18.8 Å². The fourth-order valence-electron chi connectivity index (χ4n) is 2.14. The van der Waals surface area contributed by atoms with E-state index in [1.807, 2.05) is 0 Å². The first-order valence-electron chi connectivity index (χ1n) is 6.40. The molecule has 2 rings (SSSR count). The normalized spacial score (nSPS) is 16.9. The molecule has 1 heterocycles. The molecule has 7 heteroatoms. The van der Waals surface area contributed by atoms with Crippen molar-refractivity contribution in [3.63, 3.8) is 0 Å². The Bertz CT molecular complexity index is 496. The third-order valence-electron chi connectivity index (χ3n) is 3.24. The number of benzene rings is 1. The molecular formula is C13H16F3N3O. The SMILES string of the molecule is Nc1ccc(C(F)(F)F)cc1C(=O)NN1CCCCC1. The molecular weight excluding hydrogens is 271 g/mol. The van der Waals surface area contributed by atoms with Crippen LogP contribution in [-0.4, -0.2) is 24.0 Å². The topological polar surface area (TPSA) is 58.4 Å². The molecule has 0 atom stereocenters. The molecule has 1 aliphatic heterocycles. The summed E-state index contributed by atoms with van der Waals surface area (Å²) < 4.78 is 37.9. The largest absolute Gasteiger partial charge is 0.416 e. The number of alkyl halides is 3. The van der Waals surface area contributed by atoms with Gasteiger partial charge in [0.05, 0.1) is 11.1 Å². The highest BCUT2D eigenvalue weighted by molar-refractivity contribution is 5.99. The minimum absolute atomic E-state index is 0.0347. The van der Waals surface area contributed by atoms with Gasteiger partial charge in [-0.25, -0.2) is 5.01 Å². The minimum atomic E-state index is -4.49. The molecule has 4 nitrogen and oxygen atoms in total. The van der Waals surface area contributed by atoms with E-state index in [0.29, 0.717) is 13.1 Å². The highest BCUT2D eigenvalue weighted by Crippen LogP contribution is 2.31. The summed E-state index contributed by atoms with van der Waals surface area (Å²) in [5, 5.41) is 1.71. The maximum Gasteiger partial charge on any atom is 0.416 e. The molecule has 0 bridgehead atoms. The molecule has 1 aromatic rings. The zero-order valence-electron chi connectivity index (χ0n) is 10.8. The molecule has 0 aromatic heterocycles. The Morgan fingerprint density at radius 1 is 1.20 bits per heavy atom. The maximum absolute atomic E-state index is 12.6. The van der Waals surface area contributed by atoms with E-state index in [-0.39, 0.29) is 11.3 Å². The molecule has 0 saturated carbocycles. The number of nitrogens with one attached hydrogen (secondary N) is 1. The summed E-state index contributed by atoms with van der Waals surface area (Å²) in [6, 6.07) is 2.76. The molecule has 1 saturated heterocycles. The number of hydrogen-bond donors (Lipinski definition) is 2. The van der Waals surface area contributed by atoms with Crippen LogP contribution >= 0.6 is 0 Å². The van der Waals surface area contributed by atoms with Gasteiger partial charge >= 0.3 is 6.18 Å². The molecule has 20 heavy (non-hydrogen) atoms. The lowest BCUT2D eigenvalue weighted by atomic mass is 10.1. The molecule has 1 aromatic carbocycles. The first-order valence-corrected chi connectivity index (χ1v) is 6.40. The number of rotatable bonds is 2. The molecule has 1 aliphatic rings. The second kappa shape index (κ2) is 5.70. The summed E-state index contributed by atoms with van der Waals surface area (Å²) in [6.07, 6.45) is -1.48. The number of hydrogen-bond acceptors (Lipinski definition) is 3. The number of hydrazine groups is 1. The minimum Gasteiger partial charge on any atom is -0.398 e. The molecule has 1 amide bonds. The van der Waals surface area contributed by atoms with Gasteiger partial charge in [0.2, 0.25) is 0 Å². The van der Waals surface area contributed by atoms with E-state index in [9.17, 15) is 18.0 Å². The van der Waals surface area contributed by atoms with Crippen LogP contribution in [0.3, 0.4) is 0 Å². The zero-order chi connectivity index (χ0) is 14.8. The molecule has 0 radical (unpaired) electrons. The molecule has 3 N–H and O–H groups in total. The predicted molar refractivity (Wildman–Crippen MR) is 68.7 cm³/mol. The second-order valence-electron chi connectivity index (χ2n) is 4.79. The van der Waals surface area contributed by atoms with E-state index in [2.05, 4.69) is 5.43 Å². The molecule has 0 unspecified atom stereocenters. The number of amides is 1. The van der Waals surface area contributed by atoms with E-state index < -0.39 is 17.6 Å². The Kier molecular flexibility index (Phi) is 4.17. The lowest BCUT2D eigenvalue weighted by Gasteiger charge is -2.27. The maximum atomic E-state index is 12.6. The number of piperidine rings is 1. The Labute approximate surface area is 114 Å². The summed E-state index contributed by atoms with van der Waals surface area (Å²) in [5.74, 6) is -0.601. The van der Waals surface area contributed by atoms with Gasteiger partial charge < -0.3 is 5.73 Å². The highest BCUT2D eigenvalue weighted by Gasteiger charge is 2.31. The average molecular weight is 287 g/mol. The van der Waals surface area contributed by atoms with Crippen molar-refractivity contribution in [2.75, 3.05) is 18.8 Å². The van der Waals surface area contributed by atoms with Crippen LogP contribution in [0.1, 0.15) is 35.2 Å². The zero-order valence-corrected chi connectivity index (χ0v) is 10.8. The van der Waals surface area contributed by atoms with Gasteiger partial charge in [0.1, 0.15) is 0 Å². The van der Waals surface area contributed by atoms with Crippen molar-refractivity contribution in [1.29, 1.82) is 0 Å². The van der Waals surface area contributed by atoms with Crippen LogP contribution in [0.15, 0.2) is 18.2 Å². The predicted octanol–water partition coefficient (Wildman–Crippen LogP) is 2.42. The van der Waals surface area contributed by atoms with Gasteiger partial charge in [-0.2, -0.15) is 13.2 Å². The molecule has 110 valence electrons. The van der Waals surface area contributed by atoms with E-state index >= 15 is 0 Å². The van der Waals surface area contributed by atoms with Crippen molar-refractivity contribution in [2.45, 2.75) is 25.4 Å². The van der Waals surface area contributed by atoms with Gasteiger partial charge in [0.25, 0.3) is 5.91 Å². The molecule has 0 spiro atoms. The van der Waals surface area contributed by atoms with Crippen molar-refractivity contribution < 1.29 is 18.0 Å². The van der Waals surface area contributed by atoms with Gasteiger partial charge in [0.15, 0.2) is 0 Å². The van der Waals surface area contributed by atoms with E-state index in [1.165, 1.54) is 0 Å². The lowest BCUT2D eigenvalue weighted by Crippen LogP contribution is -2.45. The van der Waals surface area contributed by atoms with Crippen molar-refractivity contribution in [3.8, 4) is 0 Å². The quantitative estimate of drug-likeness (QED) is 0.821. The van der Waals surface area contributed by atoms with Crippen LogP contribution < -0.4 is 11.2 Å². The average Bonchev–Trinajstić information content (AvgIpc) is 2.39. The van der Waals surface area contributed by atoms with Crippen molar-refractivity contribution in [1.82, 2.24) is 10.4 Å². The Balaban J connectivity index is 2.16. The second-order valence-corrected chi connectivity index (χ2v) is 4.79. The van der Waals surface area contributed by atoms with Crippen molar-refractivity contribution in [3.05, 3.63) is 29.3 Å². The van der Waals surface area contributed by atoms with E-state index in [0.717, 1.165) is 37.5 Å². The summed E-state index contributed by atoms with van der Waals surface area (Å²) in [7, 11) is 0. The van der Waals surface area contributed by atoms with Gasteiger partial charge in [-0.1, -0.05) is 6.42 Å². The first kappa shape index (κ1) is 14.6. The molecule has 0 aliphatic carbocycles. The van der Waals surface area contributed by atoms with Crippen LogP contribution in [0.4, 0.5) is 18.9 Å². The van der Waals surface area contributed by atoms with Crippen molar-refractivity contribution >= 4 is 11.6 Å². The number of anilines is 1. The number of nitrogens with two attached hydrogens (primary N) is 1. The fourth-order valence-corrected chi connectivity index (χ4v) is 2.14.